The molecular weight excluding hydrogens is 364 g/mol. The number of nitrogens with zero attached hydrogens (tertiary/aromatic N) is 3. The molecule has 2 atom stereocenters. The molecular formula is C19H28N4OS2. The second-order valence-electron chi connectivity index (χ2n) is 7.38. The predicted molar refractivity (Wildman–Crippen MR) is 109 cm³/mol. The van der Waals surface area contributed by atoms with Crippen LogP contribution in [-0.2, 0) is 4.79 Å². The van der Waals surface area contributed by atoms with E-state index in [0.29, 0.717) is 0 Å². The predicted octanol–water partition coefficient (Wildman–Crippen LogP) is 3.19. The molecule has 0 bridgehead atoms. The van der Waals surface area contributed by atoms with E-state index < -0.39 is 0 Å². The summed E-state index contributed by atoms with van der Waals surface area (Å²) in [4.78, 5) is 17.6. The molecule has 1 N–H and O–H groups in total. The average molecular weight is 393 g/mol. The van der Waals surface area contributed by atoms with Crippen LogP contribution in [0.15, 0.2) is 20.8 Å². The average Bonchev–Trinajstić information content (AvgIpc) is 3.31. The Morgan fingerprint density at radius 2 is 2.12 bits per heavy atom. The summed E-state index contributed by atoms with van der Waals surface area (Å²) >= 11 is 3.66. The Hall–Kier alpha value is -1.05. The van der Waals surface area contributed by atoms with Crippen LogP contribution in [0, 0.1) is 5.92 Å². The van der Waals surface area contributed by atoms with Gasteiger partial charge in [0.15, 0.2) is 0 Å². The molecule has 1 aromatic rings. The maximum atomic E-state index is 13.0. The molecule has 2 unspecified atom stereocenters. The lowest BCUT2D eigenvalue weighted by molar-refractivity contribution is -0.126. The summed E-state index contributed by atoms with van der Waals surface area (Å²) in [6.07, 6.45) is 5.22. The van der Waals surface area contributed by atoms with E-state index >= 15 is 0 Å². The molecule has 1 saturated heterocycles. The molecule has 142 valence electrons. The number of hydrazone groups is 1. The monoisotopic (exact) mass is 392 g/mol. The lowest BCUT2D eigenvalue weighted by Crippen LogP contribution is -2.51. The fourth-order valence-corrected chi connectivity index (χ4v) is 6.41. The van der Waals surface area contributed by atoms with Crippen LogP contribution in [0.5, 0.6) is 0 Å². The Bertz CT molecular complexity index is 666. The molecule has 0 saturated carbocycles. The Kier molecular flexibility index (Phi) is 5.86. The highest BCUT2D eigenvalue weighted by atomic mass is 32.2. The summed E-state index contributed by atoms with van der Waals surface area (Å²) in [7, 11) is 0. The van der Waals surface area contributed by atoms with Gasteiger partial charge in [0.05, 0.1) is 10.3 Å². The van der Waals surface area contributed by atoms with Crippen LogP contribution in [0.4, 0.5) is 0 Å². The third kappa shape index (κ3) is 3.66. The highest BCUT2D eigenvalue weighted by Gasteiger charge is 2.42. The molecule has 4 rings (SSSR count). The quantitative estimate of drug-likeness (QED) is 0.756. The number of unbranched alkanes of at least 4 members (excludes halogenated alkanes) is 3. The number of fused-ring (bicyclic) bond motifs is 3. The molecule has 1 fully saturated rings. The van der Waals surface area contributed by atoms with Crippen molar-refractivity contribution in [3.05, 3.63) is 17.0 Å². The first-order chi connectivity index (χ1) is 12.8. The summed E-state index contributed by atoms with van der Waals surface area (Å²) in [5.74, 6) is 1.31. The van der Waals surface area contributed by atoms with Crippen molar-refractivity contribution in [1.29, 1.82) is 0 Å². The number of carbonyl (C=O) groups excluding carboxylic acids is 1. The fourth-order valence-electron chi connectivity index (χ4n) is 4.06. The van der Waals surface area contributed by atoms with Crippen LogP contribution in [0.1, 0.15) is 44.2 Å². The summed E-state index contributed by atoms with van der Waals surface area (Å²) in [5.41, 5.74) is 5.31. The van der Waals surface area contributed by atoms with Crippen molar-refractivity contribution in [2.24, 2.45) is 11.0 Å². The maximum absolute atomic E-state index is 13.0. The van der Waals surface area contributed by atoms with Crippen molar-refractivity contribution >= 4 is 34.7 Å². The van der Waals surface area contributed by atoms with Crippen molar-refractivity contribution in [2.75, 3.05) is 38.5 Å². The Labute approximate surface area is 164 Å². The van der Waals surface area contributed by atoms with Gasteiger partial charge in [-0.2, -0.15) is 5.10 Å². The smallest absolute Gasteiger partial charge is 0.270 e. The number of nitrogens with one attached hydrogen (secondary N) is 1. The first kappa shape index (κ1) is 18.3. The Balaban J connectivity index is 1.30. The first-order valence-electron chi connectivity index (χ1n) is 9.83. The number of hydrogen-bond donors (Lipinski definition) is 1. The maximum Gasteiger partial charge on any atom is 0.270 e. The van der Waals surface area contributed by atoms with E-state index in [-0.39, 0.29) is 17.9 Å². The highest BCUT2D eigenvalue weighted by Crippen LogP contribution is 2.45. The minimum atomic E-state index is 0.148. The number of hydrogen-bond acceptors (Lipinski definition) is 6. The van der Waals surface area contributed by atoms with E-state index in [2.05, 4.69) is 33.8 Å². The van der Waals surface area contributed by atoms with Gasteiger partial charge in [0.25, 0.3) is 5.91 Å². The van der Waals surface area contributed by atoms with E-state index in [1.54, 1.807) is 11.3 Å². The number of thiophene rings is 1. The minimum Gasteiger partial charge on any atom is -0.335 e. The molecule has 4 heterocycles. The van der Waals surface area contributed by atoms with Crippen LogP contribution in [-0.4, -0.2) is 59.9 Å². The topological polar surface area (TPSA) is 47.9 Å². The van der Waals surface area contributed by atoms with Gasteiger partial charge in [-0.05, 0) is 24.4 Å². The van der Waals surface area contributed by atoms with Crippen LogP contribution in [0.25, 0.3) is 0 Å². The van der Waals surface area contributed by atoms with E-state index in [4.69, 9.17) is 0 Å². The van der Waals surface area contributed by atoms with Gasteiger partial charge in [0.2, 0.25) is 0 Å². The van der Waals surface area contributed by atoms with Gasteiger partial charge in [0, 0.05) is 43.4 Å². The number of carbonyl (C=O) groups is 1. The first-order valence-corrected chi connectivity index (χ1v) is 11.7. The second-order valence-corrected chi connectivity index (χ2v) is 9.58. The number of rotatable bonds is 6. The van der Waals surface area contributed by atoms with Gasteiger partial charge in [0.1, 0.15) is 5.71 Å². The second kappa shape index (κ2) is 8.31. The number of thioether (sulfide) groups is 1. The third-order valence-corrected chi connectivity index (χ3v) is 8.06. The highest BCUT2D eigenvalue weighted by molar-refractivity contribution is 8.01. The van der Waals surface area contributed by atoms with Gasteiger partial charge in [-0.25, -0.2) is 0 Å². The van der Waals surface area contributed by atoms with E-state index in [9.17, 15) is 4.79 Å². The van der Waals surface area contributed by atoms with Crippen molar-refractivity contribution in [1.82, 2.24) is 15.2 Å². The summed E-state index contributed by atoms with van der Waals surface area (Å²) < 4.78 is 1.37. The molecule has 3 aliphatic rings. The summed E-state index contributed by atoms with van der Waals surface area (Å²) in [6, 6.07) is 2.37. The summed E-state index contributed by atoms with van der Waals surface area (Å²) in [5, 5.41) is 6.62. The minimum absolute atomic E-state index is 0.148. The number of piperazine rings is 1. The Morgan fingerprint density at radius 3 is 2.92 bits per heavy atom. The molecule has 7 heteroatoms. The normalized spacial score (nSPS) is 25.4. The van der Waals surface area contributed by atoms with Crippen LogP contribution < -0.4 is 5.43 Å². The van der Waals surface area contributed by atoms with Gasteiger partial charge in [-0.15, -0.1) is 23.1 Å². The number of amides is 1. The van der Waals surface area contributed by atoms with Crippen LogP contribution in [0.3, 0.4) is 0 Å². The van der Waals surface area contributed by atoms with Gasteiger partial charge >= 0.3 is 0 Å². The van der Waals surface area contributed by atoms with Gasteiger partial charge < -0.3 is 10.3 Å². The van der Waals surface area contributed by atoms with E-state index in [1.807, 2.05) is 16.7 Å². The zero-order valence-corrected chi connectivity index (χ0v) is 17.1. The summed E-state index contributed by atoms with van der Waals surface area (Å²) in [6.45, 7) is 7.08. The molecule has 0 spiro atoms. The van der Waals surface area contributed by atoms with Gasteiger partial charge in [-0.3, -0.25) is 9.69 Å². The van der Waals surface area contributed by atoms with Crippen molar-refractivity contribution in [2.45, 2.75) is 42.9 Å². The van der Waals surface area contributed by atoms with E-state index in [1.165, 1.54) is 42.0 Å². The molecule has 1 aromatic heterocycles. The molecule has 26 heavy (non-hydrogen) atoms. The largest absolute Gasteiger partial charge is 0.335 e. The molecule has 0 aromatic carbocycles. The lowest BCUT2D eigenvalue weighted by Gasteiger charge is -2.35. The van der Waals surface area contributed by atoms with Crippen LogP contribution in [0.2, 0.25) is 0 Å². The van der Waals surface area contributed by atoms with Crippen LogP contribution >= 0.6 is 23.1 Å². The lowest BCUT2D eigenvalue weighted by atomic mass is 9.92. The molecule has 0 radical (unpaired) electrons. The molecule has 1 amide bonds. The van der Waals surface area contributed by atoms with Gasteiger partial charge in [-0.1, -0.05) is 26.2 Å². The zero-order valence-electron chi connectivity index (χ0n) is 15.4. The van der Waals surface area contributed by atoms with E-state index in [0.717, 1.165) is 37.6 Å². The van der Waals surface area contributed by atoms with Crippen molar-refractivity contribution in [3.63, 3.8) is 0 Å². The zero-order chi connectivity index (χ0) is 17.9. The fraction of sp³-hybridized carbons (Fsp3) is 0.684. The van der Waals surface area contributed by atoms with Crippen molar-refractivity contribution in [3.8, 4) is 0 Å². The standard InChI is InChI=1S/C19H28N4OS2/c1-2-3-4-5-7-22-8-10-23(11-9-22)18(24)17-15-13-26-19-14(6-12-25-19)16(15)20-21-17/h6,12,15-16,20H,2-5,7-11,13H2,1H3. The van der Waals surface area contributed by atoms with Crippen molar-refractivity contribution < 1.29 is 4.79 Å². The molecule has 5 nitrogen and oxygen atoms in total. The SMILES string of the molecule is CCCCCCN1CCN(C(=O)C2=NNC3c4ccsc4SCC23)CC1. The Morgan fingerprint density at radius 1 is 1.27 bits per heavy atom. The third-order valence-electron chi connectivity index (χ3n) is 5.67. The molecule has 3 aliphatic heterocycles. The molecule has 0 aliphatic carbocycles.